The number of para-hydroxylation sites is 1. The van der Waals surface area contributed by atoms with Gasteiger partial charge in [-0.3, -0.25) is 0 Å². The minimum absolute atomic E-state index is 0.438. The summed E-state index contributed by atoms with van der Waals surface area (Å²) in [4.78, 5) is 9.55. The van der Waals surface area contributed by atoms with Crippen LogP contribution in [0.5, 0.6) is 0 Å². The molecule has 5 aromatic rings. The van der Waals surface area contributed by atoms with Crippen molar-refractivity contribution in [3.63, 3.8) is 0 Å². The van der Waals surface area contributed by atoms with E-state index in [0.29, 0.717) is 33.6 Å². The fourth-order valence-electron chi connectivity index (χ4n) is 4.12. The van der Waals surface area contributed by atoms with E-state index < -0.39 is 0 Å². The normalized spacial score (nSPS) is 11.2. The summed E-state index contributed by atoms with van der Waals surface area (Å²) in [6, 6.07) is 16.4. The van der Waals surface area contributed by atoms with E-state index in [9.17, 15) is 5.26 Å². The number of nitrogens with one attached hydrogen (secondary N) is 2. The molecule has 0 saturated carbocycles. The van der Waals surface area contributed by atoms with E-state index in [-0.39, 0.29) is 0 Å². The van der Waals surface area contributed by atoms with Gasteiger partial charge in [0.25, 0.3) is 0 Å². The first kappa shape index (κ1) is 24.5. The molecule has 0 unspecified atom stereocenters. The largest absolute Gasteiger partial charge is 0.338 e. The molecule has 0 fully saturated rings. The zero-order chi connectivity index (χ0) is 26.1. The third-order valence-corrected chi connectivity index (χ3v) is 7.61. The number of aryl methyl sites for hydroxylation is 5. The van der Waals surface area contributed by atoms with E-state index >= 15 is 0 Å². The van der Waals surface area contributed by atoms with Crippen molar-refractivity contribution in [2.45, 2.75) is 34.6 Å². The Morgan fingerprint density at radius 1 is 0.892 bits per heavy atom. The fourth-order valence-corrected chi connectivity index (χ4v) is 5.67. The number of hydrogen-bond donors (Lipinski definition) is 2. The van der Waals surface area contributed by atoms with Crippen molar-refractivity contribution in [3.05, 3.63) is 76.0 Å². The van der Waals surface area contributed by atoms with Crippen LogP contribution in [0.25, 0.3) is 10.2 Å². The van der Waals surface area contributed by atoms with Crippen molar-refractivity contribution in [1.82, 2.24) is 14.3 Å². The maximum atomic E-state index is 9.48. The van der Waals surface area contributed by atoms with Crippen molar-refractivity contribution >= 4 is 66.2 Å². The molecule has 0 aliphatic heterocycles. The molecule has 0 radical (unpaired) electrons. The Balaban J connectivity index is 1.58. The van der Waals surface area contributed by atoms with Gasteiger partial charge >= 0.3 is 0 Å². The SMILES string of the molecule is Cc1cc(C)c(Nc2nc(Nc3nc4ccccc4s3)cc(C)c2N=Nc2snc(C)c2C#N)c(C)c1. The number of nitrogens with zero attached hydrogens (tertiary/aromatic N) is 6. The van der Waals surface area contributed by atoms with Gasteiger partial charge in [-0.2, -0.15) is 9.64 Å². The molecular formula is C27H24N8S2. The van der Waals surface area contributed by atoms with Gasteiger partial charge in [0.1, 0.15) is 23.1 Å². The zero-order valence-electron chi connectivity index (χ0n) is 21.0. The molecule has 37 heavy (non-hydrogen) atoms. The van der Waals surface area contributed by atoms with Gasteiger partial charge in [0.2, 0.25) is 0 Å². The third-order valence-electron chi connectivity index (χ3n) is 5.83. The van der Waals surface area contributed by atoms with Crippen LogP contribution in [0.2, 0.25) is 0 Å². The van der Waals surface area contributed by atoms with Gasteiger partial charge in [-0.1, -0.05) is 41.2 Å². The van der Waals surface area contributed by atoms with Crippen LogP contribution < -0.4 is 10.6 Å². The number of azo groups is 1. The molecule has 2 aromatic carbocycles. The number of hydrogen-bond acceptors (Lipinski definition) is 10. The molecule has 0 amide bonds. The zero-order valence-corrected chi connectivity index (χ0v) is 22.7. The van der Waals surface area contributed by atoms with Crippen LogP contribution in [0.4, 0.5) is 33.1 Å². The smallest absolute Gasteiger partial charge is 0.189 e. The number of aromatic nitrogens is 3. The molecule has 0 spiro atoms. The number of rotatable bonds is 6. The van der Waals surface area contributed by atoms with Crippen LogP contribution in [-0.2, 0) is 0 Å². The van der Waals surface area contributed by atoms with Crippen LogP contribution in [0.3, 0.4) is 0 Å². The van der Waals surface area contributed by atoms with E-state index in [1.54, 1.807) is 18.3 Å². The molecule has 0 aliphatic carbocycles. The highest BCUT2D eigenvalue weighted by atomic mass is 32.1. The highest BCUT2D eigenvalue weighted by molar-refractivity contribution is 7.22. The van der Waals surface area contributed by atoms with Gasteiger partial charge in [0, 0.05) is 5.69 Å². The Labute approximate surface area is 222 Å². The molecule has 3 aromatic heterocycles. The first-order valence-electron chi connectivity index (χ1n) is 11.6. The van der Waals surface area contributed by atoms with Crippen LogP contribution in [-0.4, -0.2) is 14.3 Å². The lowest BCUT2D eigenvalue weighted by Crippen LogP contribution is -2.03. The summed E-state index contributed by atoms with van der Waals surface area (Å²) in [7, 11) is 0. The lowest BCUT2D eigenvalue weighted by Gasteiger charge is -2.16. The molecule has 8 nitrogen and oxygen atoms in total. The Hall–Kier alpha value is -4.20. The molecule has 0 atom stereocenters. The second-order valence-electron chi connectivity index (χ2n) is 8.79. The molecule has 5 rings (SSSR count). The molecule has 0 saturated heterocycles. The molecule has 0 aliphatic rings. The van der Waals surface area contributed by atoms with Crippen molar-refractivity contribution in [1.29, 1.82) is 5.26 Å². The van der Waals surface area contributed by atoms with Gasteiger partial charge < -0.3 is 10.6 Å². The fraction of sp³-hybridized carbons (Fsp3) is 0.185. The Kier molecular flexibility index (Phi) is 6.65. The van der Waals surface area contributed by atoms with E-state index in [1.807, 2.05) is 37.3 Å². The molecule has 2 N–H and O–H groups in total. The van der Waals surface area contributed by atoms with Crippen molar-refractivity contribution in [2.24, 2.45) is 10.2 Å². The Morgan fingerprint density at radius 2 is 1.65 bits per heavy atom. The van der Waals surface area contributed by atoms with E-state index in [4.69, 9.17) is 4.98 Å². The molecule has 184 valence electrons. The maximum absolute atomic E-state index is 9.48. The molecule has 0 bridgehead atoms. The Bertz CT molecular complexity index is 1650. The average Bonchev–Trinajstić information content (AvgIpc) is 3.42. The summed E-state index contributed by atoms with van der Waals surface area (Å²) in [5.41, 5.74) is 7.86. The summed E-state index contributed by atoms with van der Waals surface area (Å²) < 4.78 is 5.34. The van der Waals surface area contributed by atoms with Crippen LogP contribution in [0, 0.1) is 45.9 Å². The molecule has 10 heteroatoms. The van der Waals surface area contributed by atoms with Crippen molar-refractivity contribution in [3.8, 4) is 6.07 Å². The quantitative estimate of drug-likeness (QED) is 0.215. The minimum atomic E-state index is 0.438. The van der Waals surface area contributed by atoms with Gasteiger partial charge in [-0.05, 0) is 81.0 Å². The summed E-state index contributed by atoms with van der Waals surface area (Å²) in [6.45, 7) is 9.97. The van der Waals surface area contributed by atoms with Crippen LogP contribution in [0.1, 0.15) is 33.5 Å². The predicted octanol–water partition coefficient (Wildman–Crippen LogP) is 8.46. The van der Waals surface area contributed by atoms with E-state index in [1.165, 1.54) is 5.56 Å². The van der Waals surface area contributed by atoms with E-state index in [0.717, 1.165) is 49.3 Å². The first-order chi connectivity index (χ1) is 17.8. The first-order valence-corrected chi connectivity index (χ1v) is 13.2. The topological polar surface area (TPSA) is 111 Å². The number of fused-ring (bicyclic) bond motifs is 1. The number of thiazole rings is 1. The van der Waals surface area contributed by atoms with Gasteiger partial charge in [0.15, 0.2) is 16.0 Å². The number of nitriles is 1. The number of anilines is 4. The lowest BCUT2D eigenvalue weighted by molar-refractivity contribution is 1.17. The highest BCUT2D eigenvalue weighted by Gasteiger charge is 2.16. The summed E-state index contributed by atoms with van der Waals surface area (Å²) in [5, 5.41) is 26.5. The van der Waals surface area contributed by atoms with E-state index in [2.05, 4.69) is 69.2 Å². The molecular weight excluding hydrogens is 500 g/mol. The summed E-state index contributed by atoms with van der Waals surface area (Å²) >= 11 is 2.73. The Morgan fingerprint density at radius 3 is 2.38 bits per heavy atom. The molecule has 3 heterocycles. The average molecular weight is 525 g/mol. The second-order valence-corrected chi connectivity index (χ2v) is 10.6. The van der Waals surface area contributed by atoms with Gasteiger partial charge in [-0.15, -0.1) is 10.2 Å². The van der Waals surface area contributed by atoms with Crippen molar-refractivity contribution < 1.29 is 0 Å². The second kappa shape index (κ2) is 10.0. The predicted molar refractivity (Wildman–Crippen MR) is 152 cm³/mol. The maximum Gasteiger partial charge on any atom is 0.189 e. The third kappa shape index (κ3) is 5.05. The standard InChI is InChI=1S/C27H24N8S2/c1-14-10-15(2)23(16(3)11-14)32-25-24(33-34-26-19(13-28)18(5)35-37-26)17(4)12-22(30-25)31-27-29-20-8-6-7-9-21(20)36-27/h6-12H,1-5H3,(H2,29,30,31,32). The van der Waals surface area contributed by atoms with Crippen LogP contribution >= 0.6 is 22.9 Å². The van der Waals surface area contributed by atoms with Crippen molar-refractivity contribution in [2.75, 3.05) is 10.6 Å². The highest BCUT2D eigenvalue weighted by Crippen LogP contribution is 2.38. The van der Waals surface area contributed by atoms with Gasteiger partial charge in [0.05, 0.1) is 15.9 Å². The number of pyridine rings is 1. The summed E-state index contributed by atoms with van der Waals surface area (Å²) in [6.07, 6.45) is 0. The minimum Gasteiger partial charge on any atom is -0.338 e. The summed E-state index contributed by atoms with van der Waals surface area (Å²) in [5.74, 6) is 1.20. The van der Waals surface area contributed by atoms with Gasteiger partial charge in [-0.25, -0.2) is 9.97 Å². The monoisotopic (exact) mass is 524 g/mol. The lowest BCUT2D eigenvalue weighted by atomic mass is 10.0. The number of benzene rings is 2. The van der Waals surface area contributed by atoms with Crippen LogP contribution in [0.15, 0.2) is 52.7 Å².